The molecule has 20 heavy (non-hydrogen) atoms. The van der Waals surface area contributed by atoms with Crippen molar-refractivity contribution < 1.29 is 19.2 Å². The van der Waals surface area contributed by atoms with Crippen LogP contribution < -0.4 is 5.48 Å². The average molecular weight is 277 g/mol. The number of hydroxylamine groups is 1. The van der Waals surface area contributed by atoms with Crippen LogP contribution in [0.4, 0.5) is 0 Å². The molecular formula is C15H19NO4. The van der Waals surface area contributed by atoms with Crippen molar-refractivity contribution in [2.75, 3.05) is 6.61 Å². The lowest BCUT2D eigenvalue weighted by Crippen LogP contribution is -2.38. The highest BCUT2D eigenvalue weighted by Gasteiger charge is 2.21. The van der Waals surface area contributed by atoms with E-state index in [4.69, 9.17) is 14.4 Å². The smallest absolute Gasteiger partial charge is 0.278 e. The van der Waals surface area contributed by atoms with Crippen LogP contribution in [0.2, 0.25) is 0 Å². The van der Waals surface area contributed by atoms with Crippen molar-refractivity contribution in [3.05, 3.63) is 35.6 Å². The minimum atomic E-state index is -0.830. The molecule has 5 heteroatoms. The Kier molecular flexibility index (Phi) is 4.11. The summed E-state index contributed by atoms with van der Waals surface area (Å²) in [4.78, 5) is 17.3. The molecule has 5 nitrogen and oxygen atoms in total. The molecule has 0 saturated carbocycles. The molecule has 2 rings (SSSR count). The van der Waals surface area contributed by atoms with Gasteiger partial charge in [-0.25, -0.2) is 5.48 Å². The van der Waals surface area contributed by atoms with Gasteiger partial charge >= 0.3 is 0 Å². The number of furan rings is 1. The summed E-state index contributed by atoms with van der Waals surface area (Å²) < 4.78 is 5.36. The maximum atomic E-state index is 12.1. The van der Waals surface area contributed by atoms with Crippen LogP contribution in [0.1, 0.15) is 36.7 Å². The summed E-state index contributed by atoms with van der Waals surface area (Å²) in [6.07, 6.45) is 2.30. The van der Waals surface area contributed by atoms with Crippen LogP contribution in [-0.4, -0.2) is 23.2 Å². The second-order valence-electron chi connectivity index (χ2n) is 5.28. The van der Waals surface area contributed by atoms with Crippen molar-refractivity contribution in [1.82, 2.24) is 5.48 Å². The van der Waals surface area contributed by atoms with Gasteiger partial charge in [-0.3, -0.25) is 9.63 Å². The van der Waals surface area contributed by atoms with Crippen LogP contribution in [0.15, 0.2) is 28.9 Å². The van der Waals surface area contributed by atoms with Crippen LogP contribution in [0, 0.1) is 0 Å². The molecule has 0 fully saturated rings. The normalized spacial score (nSPS) is 11.8. The minimum absolute atomic E-state index is 0.195. The van der Waals surface area contributed by atoms with Gasteiger partial charge in [0.1, 0.15) is 17.4 Å². The Labute approximate surface area is 117 Å². The molecule has 0 aliphatic heterocycles. The summed E-state index contributed by atoms with van der Waals surface area (Å²) >= 11 is 0. The van der Waals surface area contributed by atoms with Gasteiger partial charge in [0.2, 0.25) is 0 Å². The van der Waals surface area contributed by atoms with Crippen LogP contribution in [0.5, 0.6) is 0 Å². The minimum Gasteiger partial charge on any atom is -0.463 e. The third-order valence-electron chi connectivity index (χ3n) is 3.09. The van der Waals surface area contributed by atoms with Gasteiger partial charge in [-0.15, -0.1) is 0 Å². The highest BCUT2D eigenvalue weighted by atomic mass is 16.7. The van der Waals surface area contributed by atoms with E-state index in [0.717, 1.165) is 17.4 Å². The van der Waals surface area contributed by atoms with Crippen molar-refractivity contribution in [2.45, 2.75) is 32.8 Å². The number of benzene rings is 1. The molecule has 1 amide bonds. The third-order valence-corrected chi connectivity index (χ3v) is 3.09. The summed E-state index contributed by atoms with van der Waals surface area (Å²) in [5, 5.41) is 9.84. The standard InChI is InChI=1S/C15H19NO4/c1-4-10-5-6-13-11(7-10)12(8-19-13)14(18)16-20-15(2,3)9-17/h5-8,17H,4,9H2,1-3H3,(H,16,18). The Morgan fingerprint density at radius 1 is 1.45 bits per heavy atom. The van der Waals surface area contributed by atoms with Crippen molar-refractivity contribution in [1.29, 1.82) is 0 Å². The Morgan fingerprint density at radius 3 is 2.85 bits per heavy atom. The van der Waals surface area contributed by atoms with Crippen LogP contribution >= 0.6 is 0 Å². The lowest BCUT2D eigenvalue weighted by atomic mass is 10.1. The zero-order valence-electron chi connectivity index (χ0n) is 11.9. The number of aliphatic hydroxyl groups is 1. The van der Waals surface area contributed by atoms with Gasteiger partial charge in [0.25, 0.3) is 5.91 Å². The van der Waals surface area contributed by atoms with Gasteiger partial charge in [-0.2, -0.15) is 0 Å². The highest BCUT2D eigenvalue weighted by molar-refractivity contribution is 6.05. The van der Waals surface area contributed by atoms with E-state index in [1.165, 1.54) is 6.26 Å². The molecule has 0 radical (unpaired) electrons. The molecule has 2 N–H and O–H groups in total. The molecule has 1 aromatic heterocycles. The van der Waals surface area contributed by atoms with E-state index < -0.39 is 11.5 Å². The molecule has 0 saturated heterocycles. The first-order chi connectivity index (χ1) is 9.46. The fourth-order valence-electron chi connectivity index (χ4n) is 1.74. The molecule has 2 aromatic rings. The van der Waals surface area contributed by atoms with Gasteiger partial charge in [0.05, 0.1) is 12.2 Å². The van der Waals surface area contributed by atoms with E-state index in [0.29, 0.717) is 11.1 Å². The topological polar surface area (TPSA) is 71.7 Å². The second-order valence-corrected chi connectivity index (χ2v) is 5.28. The number of hydrogen-bond acceptors (Lipinski definition) is 4. The summed E-state index contributed by atoms with van der Waals surface area (Å²) in [7, 11) is 0. The number of rotatable bonds is 5. The maximum absolute atomic E-state index is 12.1. The zero-order valence-corrected chi connectivity index (χ0v) is 11.9. The van der Waals surface area contributed by atoms with Gasteiger partial charge < -0.3 is 9.52 Å². The molecule has 0 aliphatic carbocycles. The first-order valence-electron chi connectivity index (χ1n) is 6.56. The number of aliphatic hydroxyl groups excluding tert-OH is 1. The molecule has 0 atom stereocenters. The number of aryl methyl sites for hydroxylation is 1. The lowest BCUT2D eigenvalue weighted by Gasteiger charge is -2.21. The molecular weight excluding hydrogens is 258 g/mol. The maximum Gasteiger partial charge on any atom is 0.278 e. The van der Waals surface area contributed by atoms with Gasteiger partial charge in [-0.05, 0) is 38.0 Å². The fourth-order valence-corrected chi connectivity index (χ4v) is 1.74. The first-order valence-corrected chi connectivity index (χ1v) is 6.56. The first kappa shape index (κ1) is 14.6. The second kappa shape index (κ2) is 5.64. The molecule has 0 aliphatic rings. The molecule has 0 unspecified atom stereocenters. The van der Waals surface area contributed by atoms with Crippen molar-refractivity contribution in [2.24, 2.45) is 0 Å². The number of fused-ring (bicyclic) bond motifs is 1. The summed E-state index contributed by atoms with van der Waals surface area (Å²) in [5.74, 6) is -0.390. The predicted molar refractivity (Wildman–Crippen MR) is 75.3 cm³/mol. The number of carbonyl (C=O) groups excluding carboxylic acids is 1. The summed E-state index contributed by atoms with van der Waals surface area (Å²) in [6, 6.07) is 5.76. The molecule has 0 bridgehead atoms. The van der Waals surface area contributed by atoms with Crippen molar-refractivity contribution in [3.63, 3.8) is 0 Å². The summed E-state index contributed by atoms with van der Waals surface area (Å²) in [5.41, 5.74) is 3.73. The number of nitrogens with one attached hydrogen (secondary N) is 1. The summed E-state index contributed by atoms with van der Waals surface area (Å²) in [6.45, 7) is 5.21. The molecule has 0 spiro atoms. The highest BCUT2D eigenvalue weighted by Crippen LogP contribution is 2.23. The van der Waals surface area contributed by atoms with Gasteiger partial charge in [-0.1, -0.05) is 13.0 Å². The van der Waals surface area contributed by atoms with Crippen LogP contribution in [0.3, 0.4) is 0 Å². The average Bonchev–Trinajstić information content (AvgIpc) is 2.87. The quantitative estimate of drug-likeness (QED) is 0.823. The number of carbonyl (C=O) groups is 1. The van der Waals surface area contributed by atoms with Crippen molar-refractivity contribution in [3.8, 4) is 0 Å². The predicted octanol–water partition coefficient (Wildman–Crippen LogP) is 2.43. The van der Waals surface area contributed by atoms with E-state index in [2.05, 4.69) is 5.48 Å². The van der Waals surface area contributed by atoms with E-state index >= 15 is 0 Å². The fraction of sp³-hybridized carbons (Fsp3) is 0.400. The number of amides is 1. The SMILES string of the molecule is CCc1ccc2occ(C(=O)NOC(C)(C)CO)c2c1. The monoisotopic (exact) mass is 277 g/mol. The largest absolute Gasteiger partial charge is 0.463 e. The molecule has 1 heterocycles. The Balaban J connectivity index is 2.22. The Hall–Kier alpha value is -1.85. The van der Waals surface area contributed by atoms with Gasteiger partial charge in [0.15, 0.2) is 0 Å². The molecule has 108 valence electrons. The Bertz CT molecular complexity index is 615. The van der Waals surface area contributed by atoms with E-state index in [1.54, 1.807) is 13.8 Å². The Morgan fingerprint density at radius 2 is 2.20 bits per heavy atom. The molecule has 1 aromatic carbocycles. The van der Waals surface area contributed by atoms with Crippen molar-refractivity contribution >= 4 is 16.9 Å². The van der Waals surface area contributed by atoms with Crippen LogP contribution in [-0.2, 0) is 11.3 Å². The van der Waals surface area contributed by atoms with E-state index in [1.807, 2.05) is 25.1 Å². The number of hydrogen-bond donors (Lipinski definition) is 2. The zero-order chi connectivity index (χ0) is 14.8. The van der Waals surface area contributed by atoms with E-state index in [-0.39, 0.29) is 6.61 Å². The third kappa shape index (κ3) is 3.00. The van der Waals surface area contributed by atoms with E-state index in [9.17, 15) is 4.79 Å². The van der Waals surface area contributed by atoms with Crippen LogP contribution in [0.25, 0.3) is 11.0 Å². The van der Waals surface area contributed by atoms with Gasteiger partial charge in [0, 0.05) is 5.39 Å². The lowest BCUT2D eigenvalue weighted by molar-refractivity contribution is -0.0956.